The second kappa shape index (κ2) is 5.53. The van der Waals surface area contributed by atoms with Gasteiger partial charge in [0, 0.05) is 0 Å². The topological polar surface area (TPSA) is 9.72 Å². The first kappa shape index (κ1) is 10.9. The summed E-state index contributed by atoms with van der Waals surface area (Å²) in [5.41, 5.74) is 0. The van der Waals surface area contributed by atoms with Gasteiger partial charge in [-0.1, -0.05) is 6.58 Å². The van der Waals surface area contributed by atoms with Crippen LogP contribution in [0.2, 0.25) is 0 Å². The van der Waals surface area contributed by atoms with Crippen LogP contribution in [0.3, 0.4) is 0 Å². The molecule has 0 saturated carbocycles. The smallest absolute Gasteiger partial charge is 0.193 e. The highest BCUT2D eigenvalue weighted by Crippen LogP contribution is 1.85. The molecule has 0 rings (SSSR count). The maximum atomic E-state index is 3.81. The van der Waals surface area contributed by atoms with E-state index in [2.05, 4.69) is 48.1 Å². The zero-order chi connectivity index (χ0) is 8.85. The molecule has 0 spiro atoms. The van der Waals surface area contributed by atoms with Gasteiger partial charge in [0.15, 0.2) is 19.7 Å². The lowest BCUT2D eigenvalue weighted by Gasteiger charge is -2.26. The lowest BCUT2D eigenvalue weighted by molar-refractivity contribution is 0.580. The average Bonchev–Trinajstić information content (AvgIpc) is 1.84. The van der Waals surface area contributed by atoms with Crippen molar-refractivity contribution in [1.82, 2.24) is 13.4 Å². The quantitative estimate of drug-likeness (QED) is 0.490. The van der Waals surface area contributed by atoms with Crippen molar-refractivity contribution in [2.24, 2.45) is 0 Å². The Kier molecular flexibility index (Phi) is 5.48. The zero-order valence-corrected chi connectivity index (χ0v) is 10.9. The molecule has 0 atom stereocenters. The van der Waals surface area contributed by atoms with Crippen LogP contribution in [-0.2, 0) is 0 Å². The second-order valence-electron chi connectivity index (χ2n) is 3.21. The molecule has 0 heterocycles. The fourth-order valence-electron chi connectivity index (χ4n) is 0.887. The van der Waals surface area contributed by atoms with Crippen LogP contribution in [-0.4, -0.2) is 61.2 Å². The van der Waals surface area contributed by atoms with Crippen LogP contribution in [0, 0.1) is 0 Å². The van der Waals surface area contributed by atoms with E-state index in [1.165, 1.54) is 0 Å². The Morgan fingerprint density at radius 2 is 1.36 bits per heavy atom. The van der Waals surface area contributed by atoms with Crippen molar-refractivity contribution in [2.75, 3.05) is 28.2 Å². The number of hydrogen-bond donors (Lipinski definition) is 0. The molecule has 5 heteroatoms. The van der Waals surface area contributed by atoms with Gasteiger partial charge in [0.25, 0.3) is 0 Å². The van der Waals surface area contributed by atoms with Crippen molar-refractivity contribution in [3.8, 4) is 0 Å². The van der Waals surface area contributed by atoms with Crippen LogP contribution in [0.4, 0.5) is 0 Å². The molecule has 0 aromatic carbocycles. The summed E-state index contributed by atoms with van der Waals surface area (Å²) in [5, 5.41) is 0. The molecule has 0 N–H and O–H groups in total. The Morgan fingerprint density at radius 1 is 1.00 bits per heavy atom. The van der Waals surface area contributed by atoms with Gasteiger partial charge < -0.3 is 13.4 Å². The van der Waals surface area contributed by atoms with Gasteiger partial charge in [-0.2, -0.15) is 0 Å². The van der Waals surface area contributed by atoms with Gasteiger partial charge in [-0.15, -0.1) is 0 Å². The van der Waals surface area contributed by atoms with Crippen molar-refractivity contribution < 1.29 is 0 Å². The Bertz CT molecular complexity index is 106. The molecule has 0 fully saturated rings. The largest absolute Gasteiger partial charge is 0.417 e. The first-order valence-electron chi connectivity index (χ1n) is 3.72. The normalized spacial score (nSPS) is 12.9. The van der Waals surface area contributed by atoms with Gasteiger partial charge in [0.1, 0.15) is 0 Å². The third-order valence-electron chi connectivity index (χ3n) is 1.19. The third-order valence-corrected chi connectivity index (χ3v) is 4.76. The highest BCUT2D eigenvalue weighted by atomic mass is 28.3. The molecular weight excluding hydrogens is 170 g/mol. The summed E-state index contributed by atoms with van der Waals surface area (Å²) >= 11 is 0. The number of rotatable bonds is 5. The van der Waals surface area contributed by atoms with E-state index in [0.717, 1.165) is 0 Å². The van der Waals surface area contributed by atoms with Crippen LogP contribution in [0.1, 0.15) is 0 Å². The van der Waals surface area contributed by atoms with Crippen molar-refractivity contribution in [3.63, 3.8) is 0 Å². The molecule has 0 saturated heterocycles. The molecule has 0 unspecified atom stereocenters. The lowest BCUT2D eigenvalue weighted by Crippen LogP contribution is -2.41. The fraction of sp³-hybridized carbons (Fsp3) is 0.667. The van der Waals surface area contributed by atoms with E-state index in [1.54, 1.807) is 0 Å². The lowest BCUT2D eigenvalue weighted by atomic mass is 11.1. The molecule has 0 bridgehead atoms. The number of hydrogen-bond acceptors (Lipinski definition) is 3. The minimum absolute atomic E-state index is 0.214. The third kappa shape index (κ3) is 6.30. The predicted octanol–water partition coefficient (Wildman–Crippen LogP) is -1.45. The molecule has 66 valence electrons. The Labute approximate surface area is 74.6 Å². The molecule has 3 nitrogen and oxygen atoms in total. The molecule has 0 aliphatic carbocycles. The molecular formula is C6H19N3Si2. The molecule has 11 heavy (non-hydrogen) atoms. The Morgan fingerprint density at radius 3 is 1.55 bits per heavy atom. The summed E-state index contributed by atoms with van der Waals surface area (Å²) in [5.74, 6) is 0. The van der Waals surface area contributed by atoms with Gasteiger partial charge in [0.2, 0.25) is 0 Å². The molecule has 0 aromatic rings. The summed E-state index contributed by atoms with van der Waals surface area (Å²) in [6, 6.07) is 0. The van der Waals surface area contributed by atoms with Crippen LogP contribution >= 0.6 is 0 Å². The summed E-state index contributed by atoms with van der Waals surface area (Å²) < 4.78 is 7.00. The van der Waals surface area contributed by atoms with Crippen molar-refractivity contribution in [2.45, 2.75) is 0 Å². The van der Waals surface area contributed by atoms with Crippen molar-refractivity contribution in [3.05, 3.63) is 12.8 Å². The zero-order valence-electron chi connectivity index (χ0n) is 8.04. The van der Waals surface area contributed by atoms with Gasteiger partial charge in [-0.05, 0) is 34.4 Å². The van der Waals surface area contributed by atoms with Crippen LogP contribution in [0.15, 0.2) is 12.8 Å². The monoisotopic (exact) mass is 189 g/mol. The standard InChI is InChI=1S/C6H19N3Si2/c1-6-9(10-7(2)3)11-8(4)5/h6H,1,10-11H2,2-5H3. The van der Waals surface area contributed by atoms with E-state index in [4.69, 9.17) is 0 Å². The fourth-order valence-corrected chi connectivity index (χ4v) is 5.33. The highest BCUT2D eigenvalue weighted by molar-refractivity contribution is 6.47. The summed E-state index contributed by atoms with van der Waals surface area (Å²) in [6.07, 6.45) is 1.98. The van der Waals surface area contributed by atoms with E-state index < -0.39 is 0 Å². The minimum atomic E-state index is -0.214. The van der Waals surface area contributed by atoms with E-state index in [9.17, 15) is 0 Å². The number of nitrogens with zero attached hydrogens (tertiary/aromatic N) is 3. The molecule has 0 aliphatic heterocycles. The summed E-state index contributed by atoms with van der Waals surface area (Å²) in [4.78, 5) is 0. The molecule has 0 aromatic heterocycles. The van der Waals surface area contributed by atoms with Crippen LogP contribution < -0.4 is 0 Å². The van der Waals surface area contributed by atoms with Gasteiger partial charge >= 0.3 is 0 Å². The summed E-state index contributed by atoms with van der Waals surface area (Å²) in [6.45, 7) is 3.81. The predicted molar refractivity (Wildman–Crippen MR) is 56.5 cm³/mol. The molecule has 0 amide bonds. The maximum Gasteiger partial charge on any atom is 0.193 e. The van der Waals surface area contributed by atoms with E-state index in [0.29, 0.717) is 0 Å². The minimum Gasteiger partial charge on any atom is -0.417 e. The Hall–Kier alpha value is -0.106. The Balaban J connectivity index is 3.67. The van der Waals surface area contributed by atoms with Gasteiger partial charge in [-0.3, -0.25) is 0 Å². The second-order valence-corrected chi connectivity index (χ2v) is 8.83. The SMILES string of the molecule is C=CN([SiH2]N(C)C)[SiH2]N(C)C. The summed E-state index contributed by atoms with van der Waals surface area (Å²) in [7, 11) is 8.10. The maximum absolute atomic E-state index is 3.81. The van der Waals surface area contributed by atoms with Crippen molar-refractivity contribution in [1.29, 1.82) is 0 Å². The van der Waals surface area contributed by atoms with Crippen LogP contribution in [0.25, 0.3) is 0 Å². The average molecular weight is 189 g/mol. The highest BCUT2D eigenvalue weighted by Gasteiger charge is 2.01. The molecule has 0 aliphatic rings. The van der Waals surface area contributed by atoms with E-state index >= 15 is 0 Å². The van der Waals surface area contributed by atoms with Crippen molar-refractivity contribution >= 4 is 19.7 Å². The van der Waals surface area contributed by atoms with E-state index in [-0.39, 0.29) is 19.7 Å². The van der Waals surface area contributed by atoms with Crippen LogP contribution in [0.5, 0.6) is 0 Å². The van der Waals surface area contributed by atoms with Gasteiger partial charge in [0.05, 0.1) is 0 Å². The first-order chi connectivity index (χ1) is 5.06. The molecule has 0 radical (unpaired) electrons. The first-order valence-corrected chi connectivity index (χ1v) is 6.25. The van der Waals surface area contributed by atoms with Gasteiger partial charge in [-0.25, -0.2) is 0 Å². The van der Waals surface area contributed by atoms with E-state index in [1.807, 2.05) is 6.20 Å².